The Kier molecular flexibility index (Phi) is 25.1. The topological polar surface area (TPSA) is 206 Å². The second-order valence-corrected chi connectivity index (χ2v) is 27.4. The molecule has 11 aromatic carbocycles. The minimum absolute atomic E-state index is 0.215. The van der Waals surface area contributed by atoms with Gasteiger partial charge in [-0.15, -0.1) is 0 Å². The average Bonchev–Trinajstić information content (AvgIpc) is 0.777. The Labute approximate surface area is 625 Å². The van der Waals surface area contributed by atoms with Crippen molar-refractivity contribution in [3.05, 3.63) is 272 Å². The van der Waals surface area contributed by atoms with Gasteiger partial charge in [-0.3, -0.25) is 0 Å². The summed E-state index contributed by atoms with van der Waals surface area (Å²) in [6.07, 6.45) is 2.32. The van der Waals surface area contributed by atoms with Crippen LogP contribution in [0.5, 0.6) is 28.7 Å². The standard InChI is InChI=1S/C89H94N6O12/c1-58-43-66-53-67-44-59(2)46-69(83(67)104-39-34-100-31-28-91-88(97)94-80-25-13-19-64-16-7-10-22-77(64)80)55-73-50-62(5)52-75-57-71-48-60(3)47-70(84(71)105-40-35-101-32-29-92-89(98)95-81-26-14-20-65-17-8-11-23-78(65)81)56-74-51-61(4)49-72(85(74)106-41-36-102-37-42-107-86(73)75)54-68(45-58)82(66)103-38-33-99-30-27-90-87(96)93-79-24-12-18-63-15-6-9-21-76(63)79/h6-26,43-52H,27-42,53-57H2,1-5H3,(H2,90,93,96)(H2,91,94,97)(H2,92,95,98). The van der Waals surface area contributed by atoms with Crippen LogP contribution >= 0.6 is 0 Å². The van der Waals surface area contributed by atoms with E-state index >= 15 is 0 Å². The van der Waals surface area contributed by atoms with Crippen molar-refractivity contribution in [2.24, 2.45) is 0 Å². The first kappa shape index (κ1) is 74.1. The summed E-state index contributed by atoms with van der Waals surface area (Å²) < 4.78 is 60.2. The number of nitrogens with one attached hydrogen (secondary N) is 6. The van der Waals surface area contributed by atoms with Gasteiger partial charge in [0, 0.05) is 67.9 Å². The highest BCUT2D eigenvalue weighted by Crippen LogP contribution is 2.42. The molecule has 0 spiro atoms. The lowest BCUT2D eigenvalue weighted by Gasteiger charge is -2.24. The van der Waals surface area contributed by atoms with Gasteiger partial charge in [0.15, 0.2) is 0 Å². The number of hydrogen-bond acceptors (Lipinski definition) is 12. The van der Waals surface area contributed by atoms with Crippen molar-refractivity contribution in [1.29, 1.82) is 0 Å². The second kappa shape index (κ2) is 36.2. The van der Waals surface area contributed by atoms with E-state index in [2.05, 4.69) is 127 Å². The minimum Gasteiger partial charge on any atom is -0.491 e. The molecule has 18 nitrogen and oxygen atoms in total. The van der Waals surface area contributed by atoms with Gasteiger partial charge < -0.3 is 74.5 Å². The summed E-state index contributed by atoms with van der Waals surface area (Å²) in [7, 11) is 0. The number of carbonyl (C=O) groups excluding carboxylic acids is 3. The van der Waals surface area contributed by atoms with Crippen LogP contribution in [0.1, 0.15) is 83.5 Å². The Morgan fingerprint density at radius 1 is 0.308 bits per heavy atom. The van der Waals surface area contributed by atoms with E-state index in [9.17, 15) is 14.4 Å². The lowest BCUT2D eigenvalue weighted by atomic mass is 9.88. The number of aryl methyl sites for hydroxylation is 5. The molecule has 18 heteroatoms. The molecule has 0 atom stereocenters. The molecule has 11 aromatic rings. The maximum atomic E-state index is 13.2. The van der Waals surface area contributed by atoms with E-state index in [1.54, 1.807) is 0 Å². The monoisotopic (exact) mass is 1440 g/mol. The number of fused-ring (bicyclic) bond motifs is 9. The number of ether oxygens (including phenoxy) is 9. The first-order chi connectivity index (χ1) is 52.3. The largest absolute Gasteiger partial charge is 0.491 e. The highest BCUT2D eigenvalue weighted by molar-refractivity contribution is 6.03. The quantitative estimate of drug-likeness (QED) is 0.0247. The molecule has 12 bridgehead atoms. The van der Waals surface area contributed by atoms with Crippen molar-refractivity contribution in [3.8, 4) is 28.7 Å². The molecule has 0 radical (unpaired) electrons. The lowest BCUT2D eigenvalue weighted by Crippen LogP contribution is -2.32. The van der Waals surface area contributed by atoms with Gasteiger partial charge in [0.05, 0.1) is 69.9 Å². The van der Waals surface area contributed by atoms with Gasteiger partial charge in [0.1, 0.15) is 61.8 Å². The van der Waals surface area contributed by atoms with E-state index < -0.39 is 0 Å². The third-order valence-electron chi connectivity index (χ3n) is 18.9. The summed E-state index contributed by atoms with van der Waals surface area (Å²) in [6.45, 7) is 14.9. The Morgan fingerprint density at radius 2 is 0.570 bits per heavy atom. The Balaban J connectivity index is 0.806. The van der Waals surface area contributed by atoms with Crippen molar-refractivity contribution in [1.82, 2.24) is 16.0 Å². The van der Waals surface area contributed by atoms with E-state index in [1.807, 2.05) is 127 Å². The van der Waals surface area contributed by atoms with Gasteiger partial charge in [-0.25, -0.2) is 14.4 Å². The summed E-state index contributed by atoms with van der Waals surface area (Å²) in [5.41, 5.74) is 17.3. The van der Waals surface area contributed by atoms with Crippen LogP contribution in [-0.2, 0) is 51.1 Å². The molecule has 0 saturated carbocycles. The number of hydrogen-bond donors (Lipinski definition) is 6. The first-order valence-corrected chi connectivity index (χ1v) is 37.0. The maximum absolute atomic E-state index is 13.2. The fourth-order valence-corrected chi connectivity index (χ4v) is 14.5. The predicted molar refractivity (Wildman–Crippen MR) is 424 cm³/mol. The highest BCUT2D eigenvalue weighted by Gasteiger charge is 2.26. The van der Waals surface area contributed by atoms with Gasteiger partial charge in [-0.2, -0.15) is 0 Å². The summed E-state index contributed by atoms with van der Waals surface area (Å²) in [4.78, 5) is 39.5. The zero-order valence-electron chi connectivity index (χ0n) is 61.6. The third kappa shape index (κ3) is 19.7. The number of carbonyl (C=O) groups is 3. The van der Waals surface area contributed by atoms with E-state index in [1.165, 1.54) is 0 Å². The van der Waals surface area contributed by atoms with Crippen LogP contribution in [0.4, 0.5) is 31.4 Å². The molecule has 0 saturated heterocycles. The fraction of sp³-hybridized carbons (Fsp3) is 0.292. The van der Waals surface area contributed by atoms with Gasteiger partial charge >= 0.3 is 18.1 Å². The molecule has 2 heterocycles. The van der Waals surface area contributed by atoms with Crippen LogP contribution in [0.25, 0.3) is 32.3 Å². The van der Waals surface area contributed by atoms with E-state index in [-0.39, 0.29) is 104 Å². The first-order valence-electron chi connectivity index (χ1n) is 37.0. The van der Waals surface area contributed by atoms with Gasteiger partial charge in [0.2, 0.25) is 0 Å². The van der Waals surface area contributed by atoms with Crippen LogP contribution in [0.15, 0.2) is 188 Å². The molecule has 14 rings (SSSR count). The third-order valence-corrected chi connectivity index (χ3v) is 18.9. The zero-order chi connectivity index (χ0) is 73.9. The molecule has 552 valence electrons. The molecule has 2 aliphatic heterocycles. The Hall–Kier alpha value is -11.2. The summed E-state index contributed by atoms with van der Waals surface area (Å²) in [6, 6.07) is 62.5. The summed E-state index contributed by atoms with van der Waals surface area (Å²) in [5.74, 6) is 3.71. The number of urea groups is 3. The Morgan fingerprint density at radius 3 is 0.869 bits per heavy atom. The van der Waals surface area contributed by atoms with E-state index in [0.29, 0.717) is 51.9 Å². The van der Waals surface area contributed by atoms with E-state index in [4.69, 9.17) is 42.6 Å². The van der Waals surface area contributed by atoms with Crippen molar-refractivity contribution in [2.75, 3.05) is 121 Å². The van der Waals surface area contributed by atoms with Crippen LogP contribution in [0.2, 0.25) is 0 Å². The lowest BCUT2D eigenvalue weighted by molar-refractivity contribution is 0.0755. The summed E-state index contributed by atoms with van der Waals surface area (Å²) >= 11 is 0. The molecule has 107 heavy (non-hydrogen) atoms. The maximum Gasteiger partial charge on any atom is 0.319 e. The predicted octanol–water partition coefficient (Wildman–Crippen LogP) is 16.4. The summed E-state index contributed by atoms with van der Waals surface area (Å²) in [5, 5.41) is 23.8. The number of anilines is 3. The fourth-order valence-electron chi connectivity index (χ4n) is 14.5. The molecule has 6 N–H and O–H groups in total. The van der Waals surface area contributed by atoms with Crippen LogP contribution in [0, 0.1) is 34.6 Å². The normalized spacial score (nSPS) is 12.8. The number of benzene rings is 11. The molecular weight excluding hydrogens is 1350 g/mol. The molecule has 0 unspecified atom stereocenters. The SMILES string of the molecule is Cc1cc2c(OCCOCCNC(=O)Nc3cccc4ccccc34)c(c1)Cc1cc(C)cc3c1OCCOCCOc1c(cc(C)cc1Cc1cc(C)cc(c1OCCOCCNC(=O)Nc1cccc4ccccc14)C3)Cc1cc(C)cc(c1OCCOCCNC(=O)Nc1cccc3ccccc13)C2. The van der Waals surface area contributed by atoms with Crippen molar-refractivity contribution < 1.29 is 57.0 Å². The van der Waals surface area contributed by atoms with Crippen LogP contribution in [0.3, 0.4) is 0 Å². The molecule has 0 fully saturated rings. The smallest absolute Gasteiger partial charge is 0.319 e. The number of amides is 6. The van der Waals surface area contributed by atoms with Gasteiger partial charge in [0.25, 0.3) is 0 Å². The van der Waals surface area contributed by atoms with Crippen molar-refractivity contribution in [2.45, 2.75) is 66.7 Å². The molecule has 6 amide bonds. The Bertz CT molecular complexity index is 4720. The zero-order valence-corrected chi connectivity index (χ0v) is 61.6. The number of rotatable bonds is 24. The molecular formula is C89H94N6O12. The van der Waals surface area contributed by atoms with Crippen molar-refractivity contribution in [3.63, 3.8) is 0 Å². The molecule has 1 aliphatic carbocycles. The molecule has 0 aromatic heterocycles. The second-order valence-electron chi connectivity index (χ2n) is 27.4. The molecule has 3 aliphatic rings. The van der Waals surface area contributed by atoms with Gasteiger partial charge in [-0.1, -0.05) is 198 Å². The van der Waals surface area contributed by atoms with Crippen LogP contribution in [-0.4, -0.2) is 124 Å². The minimum atomic E-state index is -0.321. The average molecular weight is 1440 g/mol. The van der Waals surface area contributed by atoms with Crippen LogP contribution < -0.4 is 55.6 Å². The van der Waals surface area contributed by atoms with Gasteiger partial charge in [-0.05, 0) is 125 Å². The van der Waals surface area contributed by atoms with Crippen molar-refractivity contribution >= 4 is 67.5 Å². The van der Waals surface area contributed by atoms with E-state index in [0.717, 1.165) is 162 Å². The highest BCUT2D eigenvalue weighted by atomic mass is 16.6.